The van der Waals surface area contributed by atoms with Crippen molar-refractivity contribution in [2.45, 2.75) is 11.8 Å². The zero-order valence-corrected chi connectivity index (χ0v) is 17.0. The molecule has 11 heteroatoms. The van der Waals surface area contributed by atoms with Gasteiger partial charge in [-0.2, -0.15) is 4.99 Å². The molecule has 9 nitrogen and oxygen atoms in total. The molecule has 0 aliphatic carbocycles. The van der Waals surface area contributed by atoms with Crippen molar-refractivity contribution in [1.82, 2.24) is 4.90 Å². The summed E-state index contributed by atoms with van der Waals surface area (Å²) in [4.78, 5) is 52.1. The van der Waals surface area contributed by atoms with E-state index < -0.39 is 27.6 Å². The lowest BCUT2D eigenvalue weighted by atomic mass is 10.1. The van der Waals surface area contributed by atoms with E-state index in [0.717, 1.165) is 4.90 Å². The first-order valence-corrected chi connectivity index (χ1v) is 10.0. The second-order valence-corrected chi connectivity index (χ2v) is 8.50. The molecule has 0 aromatic heterocycles. The highest BCUT2D eigenvalue weighted by molar-refractivity contribution is 8.01. The van der Waals surface area contributed by atoms with E-state index in [-0.39, 0.29) is 28.4 Å². The topological polar surface area (TPSA) is 122 Å². The highest BCUT2D eigenvalue weighted by Gasteiger charge is 2.48. The first-order chi connectivity index (χ1) is 14.2. The molecule has 152 valence electrons. The van der Waals surface area contributed by atoms with E-state index in [4.69, 9.17) is 11.6 Å². The number of halogens is 1. The Morgan fingerprint density at radius 1 is 1.27 bits per heavy atom. The van der Waals surface area contributed by atoms with Gasteiger partial charge < -0.3 is 5.32 Å². The molecule has 0 saturated carbocycles. The summed E-state index contributed by atoms with van der Waals surface area (Å²) in [6.07, 6.45) is 0. The van der Waals surface area contributed by atoms with Gasteiger partial charge in [0.15, 0.2) is 0 Å². The molecule has 0 spiro atoms. The lowest BCUT2D eigenvalue weighted by Gasteiger charge is -2.31. The first-order valence-electron chi connectivity index (χ1n) is 8.66. The van der Waals surface area contributed by atoms with Crippen LogP contribution in [0.15, 0.2) is 47.5 Å². The molecule has 2 aliphatic rings. The van der Waals surface area contributed by atoms with Gasteiger partial charge in [-0.05, 0) is 30.7 Å². The number of thioether (sulfide) groups is 1. The van der Waals surface area contributed by atoms with Crippen molar-refractivity contribution in [1.29, 1.82) is 0 Å². The molecule has 1 N–H and O–H groups in total. The molecule has 2 aliphatic heterocycles. The molecular weight excluding hydrogens is 432 g/mol. The number of carbonyl (C=O) groups excluding carboxylic acids is 3. The third-order valence-corrected chi connectivity index (χ3v) is 6.49. The maximum absolute atomic E-state index is 13.0. The van der Waals surface area contributed by atoms with Crippen LogP contribution < -0.4 is 5.32 Å². The third kappa shape index (κ3) is 3.23. The summed E-state index contributed by atoms with van der Waals surface area (Å²) >= 11 is 7.20. The number of amides is 4. The molecule has 2 aromatic carbocycles. The molecule has 4 amide bonds. The quantitative estimate of drug-likeness (QED) is 0.558. The Labute approximate surface area is 179 Å². The highest BCUT2D eigenvalue weighted by Crippen LogP contribution is 2.45. The number of nitrogens with zero attached hydrogens (tertiary/aromatic N) is 3. The maximum atomic E-state index is 13.0. The van der Waals surface area contributed by atoms with Gasteiger partial charge in [-0.3, -0.25) is 19.7 Å². The summed E-state index contributed by atoms with van der Waals surface area (Å²) in [5.74, 6) is -1.04. The Kier molecular flexibility index (Phi) is 4.83. The number of carbonyl (C=O) groups is 3. The van der Waals surface area contributed by atoms with E-state index in [2.05, 4.69) is 10.3 Å². The van der Waals surface area contributed by atoms with Crippen LogP contribution >= 0.6 is 23.4 Å². The number of aliphatic imine (C=N–C) groups is 1. The fraction of sp³-hybridized carbons (Fsp3) is 0.158. The number of imide groups is 1. The van der Waals surface area contributed by atoms with Crippen LogP contribution in [0.4, 0.5) is 16.2 Å². The van der Waals surface area contributed by atoms with Crippen molar-refractivity contribution >= 4 is 58.3 Å². The molecular formula is C19H13ClN4O5S. The van der Waals surface area contributed by atoms with Crippen molar-refractivity contribution in [3.8, 4) is 0 Å². The van der Waals surface area contributed by atoms with E-state index in [1.54, 1.807) is 31.2 Å². The number of nitro benzene ring substituents is 1. The largest absolute Gasteiger partial charge is 0.352 e. The summed E-state index contributed by atoms with van der Waals surface area (Å²) in [7, 11) is 0. The van der Waals surface area contributed by atoms with E-state index in [0.29, 0.717) is 10.6 Å². The van der Waals surface area contributed by atoms with E-state index in [1.165, 1.54) is 30.0 Å². The van der Waals surface area contributed by atoms with Crippen molar-refractivity contribution in [2.75, 3.05) is 11.1 Å². The Hall–Kier alpha value is -3.24. The first kappa shape index (κ1) is 20.0. The predicted octanol–water partition coefficient (Wildman–Crippen LogP) is 3.56. The van der Waals surface area contributed by atoms with Gasteiger partial charge in [0, 0.05) is 22.7 Å². The second-order valence-electron chi connectivity index (χ2n) is 6.69. The van der Waals surface area contributed by atoms with Crippen LogP contribution in [0.1, 0.15) is 18.1 Å². The van der Waals surface area contributed by atoms with Crippen LogP contribution in [-0.2, 0) is 14.5 Å². The summed E-state index contributed by atoms with van der Waals surface area (Å²) in [5.41, 5.74) is 0.717. The van der Waals surface area contributed by atoms with Crippen LogP contribution in [-0.4, -0.2) is 39.1 Å². The molecule has 1 unspecified atom stereocenters. The zero-order valence-electron chi connectivity index (χ0n) is 15.4. The monoisotopic (exact) mass is 444 g/mol. The Balaban J connectivity index is 1.71. The molecule has 4 rings (SSSR count). The number of non-ortho nitro benzene ring substituents is 1. The number of fused-ring (bicyclic) bond motifs is 1. The highest BCUT2D eigenvalue weighted by atomic mass is 35.5. The van der Waals surface area contributed by atoms with E-state index in [1.807, 2.05) is 0 Å². The normalized spacial score (nSPS) is 21.7. The Morgan fingerprint density at radius 3 is 2.63 bits per heavy atom. The summed E-state index contributed by atoms with van der Waals surface area (Å²) in [6, 6.07) is 9.62. The van der Waals surface area contributed by atoms with Crippen LogP contribution in [0.2, 0.25) is 5.02 Å². The third-order valence-electron chi connectivity index (χ3n) is 4.86. The number of nitrogens with one attached hydrogen (secondary N) is 1. The summed E-state index contributed by atoms with van der Waals surface area (Å²) in [6.45, 7) is 1.72. The van der Waals surface area contributed by atoms with Gasteiger partial charge in [-0.1, -0.05) is 23.7 Å². The molecule has 0 radical (unpaired) electrons. The van der Waals surface area contributed by atoms with Gasteiger partial charge in [0.2, 0.25) is 5.91 Å². The molecule has 1 fully saturated rings. The lowest BCUT2D eigenvalue weighted by molar-refractivity contribution is -0.384. The van der Waals surface area contributed by atoms with Crippen LogP contribution in [0.3, 0.4) is 0 Å². The number of hydrogen-bond acceptors (Lipinski definition) is 6. The smallest absolute Gasteiger partial charge is 0.320 e. The van der Waals surface area contributed by atoms with Crippen molar-refractivity contribution in [3.05, 3.63) is 68.7 Å². The number of hydrogen-bond donors (Lipinski definition) is 1. The van der Waals surface area contributed by atoms with Crippen LogP contribution in [0.25, 0.3) is 0 Å². The van der Waals surface area contributed by atoms with Gasteiger partial charge in [-0.25, -0.2) is 9.69 Å². The molecule has 0 bridgehead atoms. The van der Waals surface area contributed by atoms with E-state index >= 15 is 0 Å². The predicted molar refractivity (Wildman–Crippen MR) is 112 cm³/mol. The minimum Gasteiger partial charge on any atom is -0.320 e. The number of benzene rings is 2. The maximum Gasteiger partial charge on any atom is 0.352 e. The van der Waals surface area contributed by atoms with Crippen molar-refractivity contribution in [3.63, 3.8) is 0 Å². The van der Waals surface area contributed by atoms with Crippen molar-refractivity contribution in [2.24, 2.45) is 4.99 Å². The van der Waals surface area contributed by atoms with E-state index in [9.17, 15) is 24.5 Å². The zero-order chi connectivity index (χ0) is 21.6. The van der Waals surface area contributed by atoms with Crippen LogP contribution in [0.5, 0.6) is 0 Å². The number of nitro groups is 1. The minimum absolute atomic E-state index is 0.0741. The van der Waals surface area contributed by atoms with Crippen molar-refractivity contribution < 1.29 is 19.3 Å². The van der Waals surface area contributed by atoms with Gasteiger partial charge in [0.05, 0.1) is 16.4 Å². The molecule has 1 atom stereocenters. The second kappa shape index (κ2) is 7.22. The summed E-state index contributed by atoms with van der Waals surface area (Å²) in [5, 5.41) is 13.9. The average molecular weight is 445 g/mol. The minimum atomic E-state index is -1.02. The lowest BCUT2D eigenvalue weighted by Crippen LogP contribution is -2.43. The molecule has 30 heavy (non-hydrogen) atoms. The van der Waals surface area contributed by atoms with Crippen LogP contribution in [0, 0.1) is 10.1 Å². The molecule has 2 heterocycles. The van der Waals surface area contributed by atoms with Gasteiger partial charge in [0.1, 0.15) is 10.6 Å². The fourth-order valence-corrected chi connectivity index (χ4v) is 4.62. The number of urea groups is 1. The fourth-order valence-electron chi connectivity index (χ4n) is 3.35. The molecule has 1 saturated heterocycles. The van der Waals surface area contributed by atoms with Gasteiger partial charge in [-0.15, -0.1) is 11.8 Å². The van der Waals surface area contributed by atoms with Gasteiger partial charge in [0.25, 0.3) is 11.6 Å². The Bertz CT molecular complexity index is 1150. The SMILES string of the molecule is CC1(c2ccc(Cl)cc2)SCC(=O)N1C(=O)N=C1C(=O)Nc2cc([N+](=O)[O-])ccc21. The standard InChI is InChI=1S/C19H13ClN4O5S/c1-19(10-2-4-11(20)5-3-10)23(15(25)9-30-19)18(27)22-16-13-7-6-12(24(28)29)8-14(13)21-17(16)26/h2-8H,9H2,1H3,(H,21,22,26,27). The number of rotatable bonds is 2. The Morgan fingerprint density at radius 2 is 1.97 bits per heavy atom. The van der Waals surface area contributed by atoms with Gasteiger partial charge >= 0.3 is 6.03 Å². The average Bonchev–Trinajstić information content (AvgIpc) is 3.18. The molecule has 2 aromatic rings. The summed E-state index contributed by atoms with van der Waals surface area (Å²) < 4.78 is 0. The number of anilines is 1.